The Hall–Kier alpha value is -3.79. The fourth-order valence-corrected chi connectivity index (χ4v) is 4.96. The number of hydrogen-bond acceptors (Lipinski definition) is 6. The number of rotatable bonds is 4. The van der Waals surface area contributed by atoms with Gasteiger partial charge in [0, 0.05) is 18.3 Å². The molecule has 9 nitrogen and oxygen atoms in total. The topological polar surface area (TPSA) is 116 Å². The first-order valence-corrected chi connectivity index (χ1v) is 10.8. The molecule has 3 aliphatic rings. The van der Waals surface area contributed by atoms with Gasteiger partial charge in [-0.25, -0.2) is 13.9 Å². The number of nitrogens with zero attached hydrogens (tertiary/aromatic N) is 8. The van der Waals surface area contributed by atoms with Crippen molar-refractivity contribution in [3.8, 4) is 23.4 Å². The number of amides is 1. The van der Waals surface area contributed by atoms with E-state index in [1.807, 2.05) is 10.9 Å². The number of nitriles is 2. The lowest BCUT2D eigenvalue weighted by Crippen LogP contribution is -2.36. The van der Waals surface area contributed by atoms with Gasteiger partial charge in [0.25, 0.3) is 0 Å². The standard InChI is InChI=1S/C22H19FN8O/c23-17-9-27-31-11-18(14-8-26-30(10-14)16-5-13(6-16)7-24)28-20(19(17)31)29-4-3-22(12-25,21(29)32)15-1-2-15/h8-11,13,15-16H,1-6H2/t13?,16?,22-/m1/s1. The third kappa shape index (κ3) is 2.59. The highest BCUT2D eigenvalue weighted by Crippen LogP contribution is 2.52. The van der Waals surface area contributed by atoms with E-state index in [1.54, 1.807) is 12.4 Å². The van der Waals surface area contributed by atoms with Gasteiger partial charge in [-0.05, 0) is 38.0 Å². The summed E-state index contributed by atoms with van der Waals surface area (Å²) in [4.78, 5) is 19.4. The van der Waals surface area contributed by atoms with Gasteiger partial charge >= 0.3 is 0 Å². The predicted octanol–water partition coefficient (Wildman–Crippen LogP) is 2.86. The van der Waals surface area contributed by atoms with Crippen LogP contribution in [-0.2, 0) is 4.79 Å². The average Bonchev–Trinajstić information content (AvgIpc) is 3.24. The second-order valence-electron chi connectivity index (χ2n) is 8.96. The molecular formula is C22H19FN8O. The molecular weight excluding hydrogens is 411 g/mol. The van der Waals surface area contributed by atoms with E-state index in [-0.39, 0.29) is 35.1 Å². The number of fused-ring (bicyclic) bond motifs is 1. The smallest absolute Gasteiger partial charge is 0.249 e. The van der Waals surface area contributed by atoms with Crippen LogP contribution in [0, 0.1) is 45.7 Å². The summed E-state index contributed by atoms with van der Waals surface area (Å²) in [5, 5.41) is 27.3. The summed E-state index contributed by atoms with van der Waals surface area (Å²) in [6.07, 6.45) is 9.91. The summed E-state index contributed by atoms with van der Waals surface area (Å²) in [6, 6.07) is 4.70. The van der Waals surface area contributed by atoms with Crippen LogP contribution in [0.25, 0.3) is 16.8 Å². The molecule has 0 unspecified atom stereocenters. The first-order chi connectivity index (χ1) is 15.5. The lowest BCUT2D eigenvalue weighted by atomic mass is 9.81. The zero-order valence-electron chi connectivity index (χ0n) is 17.1. The minimum absolute atomic E-state index is 0.0637. The van der Waals surface area contributed by atoms with Crippen molar-refractivity contribution >= 4 is 17.2 Å². The summed E-state index contributed by atoms with van der Waals surface area (Å²) < 4.78 is 17.8. The van der Waals surface area contributed by atoms with Gasteiger partial charge in [0.2, 0.25) is 5.91 Å². The Balaban J connectivity index is 1.40. The molecule has 6 rings (SSSR count). The molecule has 32 heavy (non-hydrogen) atoms. The lowest BCUT2D eigenvalue weighted by Gasteiger charge is -2.30. The molecule has 160 valence electrons. The molecule has 1 amide bonds. The number of anilines is 1. The molecule has 0 aromatic carbocycles. The van der Waals surface area contributed by atoms with Gasteiger partial charge in [-0.1, -0.05) is 0 Å². The molecule has 10 heteroatoms. The van der Waals surface area contributed by atoms with Gasteiger partial charge in [0.1, 0.15) is 10.9 Å². The molecule has 3 aromatic heterocycles. The maximum atomic E-state index is 14.6. The minimum atomic E-state index is -1.04. The number of carbonyl (C=O) groups excluding carboxylic acids is 1. The quantitative estimate of drug-likeness (QED) is 0.628. The van der Waals surface area contributed by atoms with E-state index < -0.39 is 11.2 Å². The van der Waals surface area contributed by atoms with Crippen molar-refractivity contribution in [1.82, 2.24) is 24.4 Å². The van der Waals surface area contributed by atoms with Crippen LogP contribution in [0.4, 0.5) is 10.2 Å². The van der Waals surface area contributed by atoms with Crippen LogP contribution in [0.15, 0.2) is 24.8 Å². The van der Waals surface area contributed by atoms with Crippen molar-refractivity contribution in [1.29, 1.82) is 10.5 Å². The fourth-order valence-electron chi connectivity index (χ4n) is 4.96. The molecule has 0 spiro atoms. The van der Waals surface area contributed by atoms with E-state index in [0.717, 1.165) is 31.9 Å². The van der Waals surface area contributed by atoms with Gasteiger partial charge in [-0.3, -0.25) is 14.4 Å². The zero-order valence-corrected chi connectivity index (χ0v) is 17.1. The summed E-state index contributed by atoms with van der Waals surface area (Å²) in [6.45, 7) is 0.316. The van der Waals surface area contributed by atoms with Crippen molar-refractivity contribution in [3.05, 3.63) is 30.6 Å². The summed E-state index contributed by atoms with van der Waals surface area (Å²) in [7, 11) is 0. The molecule has 2 aliphatic carbocycles. The van der Waals surface area contributed by atoms with Crippen LogP contribution in [-0.4, -0.2) is 36.8 Å². The van der Waals surface area contributed by atoms with Gasteiger partial charge in [-0.15, -0.1) is 0 Å². The van der Waals surface area contributed by atoms with E-state index in [1.165, 1.54) is 9.42 Å². The molecule has 2 saturated carbocycles. The SMILES string of the molecule is N#CC1CC(n2cc(-c3cn4ncc(F)c4c(N4CC[C@@](C#N)(C5CC5)C4=O)n3)cn2)C1. The van der Waals surface area contributed by atoms with Crippen LogP contribution in [0.1, 0.15) is 38.1 Å². The highest BCUT2D eigenvalue weighted by molar-refractivity contribution is 6.04. The van der Waals surface area contributed by atoms with Crippen molar-refractivity contribution < 1.29 is 9.18 Å². The van der Waals surface area contributed by atoms with E-state index in [2.05, 4.69) is 27.3 Å². The Morgan fingerprint density at radius 3 is 2.69 bits per heavy atom. The Morgan fingerprint density at radius 2 is 1.97 bits per heavy atom. The average molecular weight is 430 g/mol. The Labute approximate surface area is 182 Å². The molecule has 1 aliphatic heterocycles. The van der Waals surface area contributed by atoms with Gasteiger partial charge in [0.05, 0.1) is 48.4 Å². The van der Waals surface area contributed by atoms with Crippen molar-refractivity contribution in [3.63, 3.8) is 0 Å². The number of halogens is 1. The van der Waals surface area contributed by atoms with Crippen LogP contribution in [0.2, 0.25) is 0 Å². The summed E-state index contributed by atoms with van der Waals surface area (Å²) >= 11 is 0. The second kappa shape index (κ2) is 6.60. The molecule has 0 bridgehead atoms. The number of hydrogen-bond donors (Lipinski definition) is 0. The van der Waals surface area contributed by atoms with Crippen molar-refractivity contribution in [2.45, 2.75) is 38.1 Å². The van der Waals surface area contributed by atoms with Gasteiger partial charge < -0.3 is 0 Å². The largest absolute Gasteiger partial charge is 0.293 e. The highest BCUT2D eigenvalue weighted by atomic mass is 19.1. The van der Waals surface area contributed by atoms with Crippen LogP contribution in [0.5, 0.6) is 0 Å². The summed E-state index contributed by atoms with van der Waals surface area (Å²) in [5.41, 5.74) is 0.295. The maximum Gasteiger partial charge on any atom is 0.249 e. The summed E-state index contributed by atoms with van der Waals surface area (Å²) in [5.74, 6) is -0.560. The second-order valence-corrected chi connectivity index (χ2v) is 8.96. The third-order valence-corrected chi connectivity index (χ3v) is 7.09. The predicted molar refractivity (Wildman–Crippen MR) is 109 cm³/mol. The zero-order chi connectivity index (χ0) is 22.0. The normalized spacial score (nSPS) is 27.3. The fraction of sp³-hybridized carbons (Fsp3) is 0.455. The van der Waals surface area contributed by atoms with Crippen molar-refractivity contribution in [2.75, 3.05) is 11.4 Å². The van der Waals surface area contributed by atoms with Gasteiger partial charge in [0.15, 0.2) is 11.6 Å². The molecule has 1 atom stereocenters. The minimum Gasteiger partial charge on any atom is -0.293 e. The molecule has 4 heterocycles. The number of aromatic nitrogens is 5. The maximum absolute atomic E-state index is 14.6. The third-order valence-electron chi connectivity index (χ3n) is 7.09. The van der Waals surface area contributed by atoms with Crippen molar-refractivity contribution in [2.24, 2.45) is 17.3 Å². The Morgan fingerprint density at radius 1 is 1.16 bits per heavy atom. The Kier molecular flexibility index (Phi) is 3.91. The molecule has 3 aromatic rings. The molecule has 3 fully saturated rings. The van der Waals surface area contributed by atoms with E-state index in [0.29, 0.717) is 24.2 Å². The van der Waals surface area contributed by atoms with E-state index >= 15 is 0 Å². The first-order valence-electron chi connectivity index (χ1n) is 10.8. The molecule has 1 saturated heterocycles. The van der Waals surface area contributed by atoms with Gasteiger partial charge in [-0.2, -0.15) is 20.7 Å². The number of carbonyl (C=O) groups is 1. The van der Waals surface area contributed by atoms with E-state index in [9.17, 15) is 14.4 Å². The lowest BCUT2D eigenvalue weighted by molar-refractivity contribution is -0.123. The Bertz CT molecular complexity index is 1340. The monoisotopic (exact) mass is 430 g/mol. The van der Waals surface area contributed by atoms with Crippen LogP contribution in [0.3, 0.4) is 0 Å². The first kappa shape index (κ1) is 18.9. The van der Waals surface area contributed by atoms with Crippen LogP contribution >= 0.6 is 0 Å². The van der Waals surface area contributed by atoms with Crippen LogP contribution < -0.4 is 4.90 Å². The van der Waals surface area contributed by atoms with E-state index in [4.69, 9.17) is 5.26 Å². The molecule has 0 radical (unpaired) electrons. The molecule has 0 N–H and O–H groups in total. The highest BCUT2D eigenvalue weighted by Gasteiger charge is 2.57.